The minimum Gasteiger partial charge on any atom is -0.504 e. The topological polar surface area (TPSA) is 87.0 Å². The second-order valence-electron chi connectivity index (χ2n) is 6.97. The molecule has 0 unspecified atom stereocenters. The molecular formula is C20H27O5P. The Kier molecular flexibility index (Phi) is 6.51. The van der Waals surface area contributed by atoms with Gasteiger partial charge in [-0.2, -0.15) is 0 Å². The zero-order valence-corrected chi connectivity index (χ0v) is 16.6. The van der Waals surface area contributed by atoms with E-state index in [1.807, 2.05) is 32.0 Å². The van der Waals surface area contributed by atoms with E-state index in [9.17, 15) is 9.67 Å². The van der Waals surface area contributed by atoms with Crippen LogP contribution >= 0.6 is 7.60 Å². The van der Waals surface area contributed by atoms with Crippen LogP contribution in [0.15, 0.2) is 30.3 Å². The van der Waals surface area contributed by atoms with Gasteiger partial charge in [0.1, 0.15) is 5.75 Å². The third-order valence-corrected chi connectivity index (χ3v) is 5.31. The van der Waals surface area contributed by atoms with Gasteiger partial charge in [-0.05, 0) is 73.1 Å². The van der Waals surface area contributed by atoms with Crippen LogP contribution in [-0.2, 0) is 11.0 Å². The molecule has 2 aromatic rings. The van der Waals surface area contributed by atoms with Gasteiger partial charge in [-0.25, -0.2) is 0 Å². The van der Waals surface area contributed by atoms with Gasteiger partial charge in [0.2, 0.25) is 0 Å². The number of aryl methyl sites for hydroxylation is 2. The molecule has 0 aliphatic heterocycles. The smallest absolute Gasteiger partial charge is 0.325 e. The van der Waals surface area contributed by atoms with Crippen molar-refractivity contribution in [1.29, 1.82) is 0 Å². The SMILES string of the molecule is Cc1cc(Oc2ccc(CCCP(=O)(O)O)cc2)c(O)c(C)c1C(C)C. The first-order valence-electron chi connectivity index (χ1n) is 8.73. The molecule has 6 heteroatoms. The first kappa shape index (κ1) is 20.5. The third-order valence-electron chi connectivity index (χ3n) is 4.41. The molecule has 5 nitrogen and oxygen atoms in total. The van der Waals surface area contributed by atoms with Gasteiger partial charge in [-0.15, -0.1) is 0 Å². The first-order valence-corrected chi connectivity index (χ1v) is 10.5. The van der Waals surface area contributed by atoms with Crippen LogP contribution in [0.4, 0.5) is 0 Å². The van der Waals surface area contributed by atoms with Gasteiger partial charge in [0.15, 0.2) is 11.5 Å². The summed E-state index contributed by atoms with van der Waals surface area (Å²) < 4.78 is 16.7. The lowest BCUT2D eigenvalue weighted by Gasteiger charge is -2.18. The van der Waals surface area contributed by atoms with Crippen LogP contribution in [0, 0.1) is 13.8 Å². The van der Waals surface area contributed by atoms with Crippen molar-refractivity contribution in [3.05, 3.63) is 52.6 Å². The average Bonchev–Trinajstić information content (AvgIpc) is 2.52. The third kappa shape index (κ3) is 5.34. The first-order chi connectivity index (χ1) is 12.1. The molecule has 0 aromatic heterocycles. The van der Waals surface area contributed by atoms with Crippen LogP contribution in [0.3, 0.4) is 0 Å². The molecule has 26 heavy (non-hydrogen) atoms. The maximum atomic E-state index is 10.9. The molecule has 0 aliphatic carbocycles. The molecular weight excluding hydrogens is 351 g/mol. The van der Waals surface area contributed by atoms with Gasteiger partial charge < -0.3 is 19.6 Å². The summed E-state index contributed by atoms with van der Waals surface area (Å²) in [5, 5.41) is 10.5. The summed E-state index contributed by atoms with van der Waals surface area (Å²) in [5.41, 5.74) is 4.04. The highest BCUT2D eigenvalue weighted by Gasteiger charge is 2.16. The maximum Gasteiger partial charge on any atom is 0.325 e. The van der Waals surface area contributed by atoms with E-state index in [1.54, 1.807) is 12.1 Å². The number of ether oxygens (including phenoxy) is 1. The van der Waals surface area contributed by atoms with Crippen LogP contribution in [0.2, 0.25) is 0 Å². The zero-order chi connectivity index (χ0) is 19.5. The van der Waals surface area contributed by atoms with E-state index in [-0.39, 0.29) is 11.9 Å². The fourth-order valence-electron chi connectivity index (χ4n) is 3.26. The van der Waals surface area contributed by atoms with Gasteiger partial charge >= 0.3 is 7.60 Å². The van der Waals surface area contributed by atoms with Crippen molar-refractivity contribution in [2.75, 3.05) is 6.16 Å². The Hall–Kier alpha value is -1.81. The number of hydrogen-bond donors (Lipinski definition) is 3. The second-order valence-corrected chi connectivity index (χ2v) is 8.75. The lowest BCUT2D eigenvalue weighted by atomic mass is 9.92. The highest BCUT2D eigenvalue weighted by molar-refractivity contribution is 7.51. The number of phenolic OH excluding ortho intramolecular Hbond substituents is 1. The summed E-state index contributed by atoms with van der Waals surface area (Å²) >= 11 is 0. The van der Waals surface area contributed by atoms with E-state index in [1.165, 1.54) is 0 Å². The molecule has 2 aromatic carbocycles. The average molecular weight is 378 g/mol. The van der Waals surface area contributed by atoms with Crippen LogP contribution in [0.25, 0.3) is 0 Å². The predicted molar refractivity (Wildman–Crippen MR) is 103 cm³/mol. The van der Waals surface area contributed by atoms with Crippen LogP contribution < -0.4 is 4.74 Å². The highest BCUT2D eigenvalue weighted by atomic mass is 31.2. The Labute approximate surface area is 154 Å². The lowest BCUT2D eigenvalue weighted by molar-refractivity contribution is 0.371. The minimum atomic E-state index is -3.94. The Bertz CT molecular complexity index is 806. The fourth-order valence-corrected chi connectivity index (χ4v) is 3.83. The molecule has 0 heterocycles. The zero-order valence-electron chi connectivity index (χ0n) is 15.7. The largest absolute Gasteiger partial charge is 0.504 e. The van der Waals surface area contributed by atoms with Crippen molar-refractivity contribution >= 4 is 7.60 Å². The van der Waals surface area contributed by atoms with E-state index >= 15 is 0 Å². The molecule has 0 saturated heterocycles. The van der Waals surface area contributed by atoms with Gasteiger partial charge in [0.25, 0.3) is 0 Å². The summed E-state index contributed by atoms with van der Waals surface area (Å²) in [6, 6.07) is 9.19. The van der Waals surface area contributed by atoms with Gasteiger partial charge in [-0.1, -0.05) is 26.0 Å². The van der Waals surface area contributed by atoms with Crippen LogP contribution in [0.5, 0.6) is 17.2 Å². The summed E-state index contributed by atoms with van der Waals surface area (Å²) in [6.07, 6.45) is 0.915. The number of rotatable bonds is 7. The van der Waals surface area contributed by atoms with Gasteiger partial charge in [0.05, 0.1) is 6.16 Å². The van der Waals surface area contributed by atoms with Gasteiger partial charge in [-0.3, -0.25) is 4.57 Å². The van der Waals surface area contributed by atoms with Crippen molar-refractivity contribution in [2.24, 2.45) is 0 Å². The number of phenols is 1. The van der Waals surface area contributed by atoms with E-state index in [0.29, 0.717) is 30.3 Å². The molecule has 2 rings (SSSR count). The molecule has 0 fully saturated rings. The summed E-state index contributed by atoms with van der Waals surface area (Å²) in [4.78, 5) is 17.8. The number of aromatic hydroxyl groups is 1. The standard InChI is InChI=1S/C20H27O5P/c1-13(2)19-14(3)12-18(20(21)15(19)4)25-17-9-7-16(8-10-17)6-5-11-26(22,23)24/h7-10,12-13,21H,5-6,11H2,1-4H3,(H2,22,23,24). The van der Waals surface area contributed by atoms with Crippen molar-refractivity contribution < 1.29 is 24.2 Å². The molecule has 0 spiro atoms. The van der Waals surface area contributed by atoms with Crippen molar-refractivity contribution in [2.45, 2.75) is 46.5 Å². The molecule has 0 amide bonds. The van der Waals surface area contributed by atoms with Crippen molar-refractivity contribution in [1.82, 2.24) is 0 Å². The quantitative estimate of drug-likeness (QED) is 0.588. The van der Waals surface area contributed by atoms with Crippen molar-refractivity contribution in [3.8, 4) is 17.2 Å². The molecule has 0 aliphatic rings. The predicted octanol–water partition coefficient (Wildman–Crippen LogP) is 5.04. The Morgan fingerprint density at radius 1 is 1.12 bits per heavy atom. The molecule has 0 bridgehead atoms. The Balaban J connectivity index is 2.11. The summed E-state index contributed by atoms with van der Waals surface area (Å²) in [6.45, 7) is 8.11. The van der Waals surface area contributed by atoms with E-state index < -0.39 is 7.60 Å². The van der Waals surface area contributed by atoms with E-state index in [0.717, 1.165) is 22.3 Å². The molecule has 0 saturated carbocycles. The fraction of sp³-hybridized carbons (Fsp3) is 0.400. The lowest BCUT2D eigenvalue weighted by Crippen LogP contribution is -1.98. The maximum absolute atomic E-state index is 10.9. The number of hydrogen-bond acceptors (Lipinski definition) is 3. The van der Waals surface area contributed by atoms with Crippen molar-refractivity contribution in [3.63, 3.8) is 0 Å². The summed E-state index contributed by atoms with van der Waals surface area (Å²) in [7, 11) is -3.94. The Morgan fingerprint density at radius 2 is 1.73 bits per heavy atom. The minimum absolute atomic E-state index is 0.111. The normalized spacial score (nSPS) is 11.8. The van der Waals surface area contributed by atoms with Crippen LogP contribution in [0.1, 0.15) is 48.4 Å². The monoisotopic (exact) mass is 378 g/mol. The molecule has 0 atom stereocenters. The molecule has 0 radical (unpaired) electrons. The Morgan fingerprint density at radius 3 is 2.27 bits per heavy atom. The van der Waals surface area contributed by atoms with Crippen LogP contribution in [-0.4, -0.2) is 21.1 Å². The summed E-state index contributed by atoms with van der Waals surface area (Å²) in [5.74, 6) is 1.51. The van der Waals surface area contributed by atoms with E-state index in [2.05, 4.69) is 13.8 Å². The van der Waals surface area contributed by atoms with Gasteiger partial charge in [0, 0.05) is 0 Å². The van der Waals surface area contributed by atoms with E-state index in [4.69, 9.17) is 14.5 Å². The second kappa shape index (κ2) is 8.26. The molecule has 142 valence electrons. The highest BCUT2D eigenvalue weighted by Crippen LogP contribution is 2.39. The number of benzene rings is 2. The molecule has 3 N–H and O–H groups in total.